The van der Waals surface area contributed by atoms with Crippen LogP contribution in [0.1, 0.15) is 6.92 Å². The molecule has 0 aromatic carbocycles. The maximum atomic E-state index is 2.16. The second-order valence-corrected chi connectivity index (χ2v) is 3.23. The maximum Gasteiger partial charge on any atom is -0.0184 e. The van der Waals surface area contributed by atoms with Crippen LogP contribution in [0.2, 0.25) is 0 Å². The van der Waals surface area contributed by atoms with E-state index in [9.17, 15) is 0 Å². The van der Waals surface area contributed by atoms with Gasteiger partial charge in [-0.15, -0.1) is 0 Å². The summed E-state index contributed by atoms with van der Waals surface area (Å²) in [4.78, 5) is 0. The Morgan fingerprint density at radius 3 is 2.46 bits per heavy atom. The Hall–Kier alpha value is -1.56. The number of fused-ring (bicyclic) bond motifs is 1. The third-order valence-electron chi connectivity index (χ3n) is 2.16. The quantitative estimate of drug-likeness (QED) is 0.519. The van der Waals surface area contributed by atoms with Crippen LogP contribution >= 0.6 is 0 Å². The minimum Gasteiger partial charge on any atom is -0.0622 e. The average Bonchev–Trinajstić information content (AvgIpc) is 2.43. The zero-order chi connectivity index (χ0) is 9.10. The monoisotopic (exact) mass is 168 g/mol. The number of hydrogen-bond donors (Lipinski definition) is 0. The molecule has 0 amide bonds. The van der Waals surface area contributed by atoms with Gasteiger partial charge in [0.2, 0.25) is 0 Å². The molecule has 0 aliphatic heterocycles. The molecule has 0 N–H and O–H groups in total. The van der Waals surface area contributed by atoms with Crippen LogP contribution in [0.5, 0.6) is 0 Å². The first kappa shape index (κ1) is 8.06. The number of rotatable bonds is 0. The Labute approximate surface area is 79.0 Å². The molecule has 64 valence electrons. The lowest BCUT2D eigenvalue weighted by Gasteiger charge is -1.98. The average molecular weight is 168 g/mol. The van der Waals surface area contributed by atoms with E-state index in [0.29, 0.717) is 0 Å². The van der Waals surface area contributed by atoms with E-state index >= 15 is 0 Å². The molecular weight excluding hydrogens is 156 g/mol. The standard InChI is InChI=1S/C13H12/c1-11-7-9-12-5-3-2-4-6-13(12)10-8-11/h2-10H,1H3. The topological polar surface area (TPSA) is 0 Å². The van der Waals surface area contributed by atoms with Crippen molar-refractivity contribution in [2.75, 3.05) is 0 Å². The summed E-state index contributed by atoms with van der Waals surface area (Å²) in [6.45, 7) is 2.11. The van der Waals surface area contributed by atoms with E-state index in [1.165, 1.54) is 16.7 Å². The van der Waals surface area contributed by atoms with Crippen LogP contribution < -0.4 is 0 Å². The Balaban J connectivity index is 2.48. The van der Waals surface area contributed by atoms with Crippen molar-refractivity contribution < 1.29 is 0 Å². The van der Waals surface area contributed by atoms with Gasteiger partial charge >= 0.3 is 0 Å². The van der Waals surface area contributed by atoms with Gasteiger partial charge in [-0.25, -0.2) is 0 Å². The number of hydrogen-bond acceptors (Lipinski definition) is 0. The molecule has 2 aliphatic carbocycles. The third kappa shape index (κ3) is 1.78. The fourth-order valence-electron chi connectivity index (χ4n) is 1.38. The highest BCUT2D eigenvalue weighted by Gasteiger charge is 2.00. The summed E-state index contributed by atoms with van der Waals surface area (Å²) >= 11 is 0. The molecule has 2 aliphatic rings. The molecule has 0 aromatic heterocycles. The normalized spacial score (nSPS) is 19.6. The SMILES string of the molecule is CC1=CC=C2C=CC=CC=C2C=C1. The molecule has 0 heterocycles. The van der Waals surface area contributed by atoms with Gasteiger partial charge in [0, 0.05) is 0 Å². The van der Waals surface area contributed by atoms with Crippen molar-refractivity contribution >= 4 is 0 Å². The molecule has 0 atom stereocenters. The highest BCUT2D eigenvalue weighted by molar-refractivity contribution is 5.55. The van der Waals surface area contributed by atoms with E-state index in [0.717, 1.165) is 0 Å². The molecule has 13 heavy (non-hydrogen) atoms. The predicted molar refractivity (Wildman–Crippen MR) is 57.3 cm³/mol. The summed E-state index contributed by atoms with van der Waals surface area (Å²) in [6.07, 6.45) is 19.0. The van der Waals surface area contributed by atoms with Crippen LogP contribution in [0, 0.1) is 0 Å². The van der Waals surface area contributed by atoms with Crippen molar-refractivity contribution in [3.8, 4) is 0 Å². The summed E-state index contributed by atoms with van der Waals surface area (Å²) in [5.41, 5.74) is 3.84. The fraction of sp³-hybridized carbons (Fsp3) is 0.0769. The van der Waals surface area contributed by atoms with E-state index in [-0.39, 0.29) is 0 Å². The van der Waals surface area contributed by atoms with Crippen molar-refractivity contribution in [3.05, 3.63) is 71.4 Å². The van der Waals surface area contributed by atoms with Crippen molar-refractivity contribution in [1.29, 1.82) is 0 Å². The van der Waals surface area contributed by atoms with Crippen LogP contribution in [0.3, 0.4) is 0 Å². The first-order chi connectivity index (χ1) is 6.36. The van der Waals surface area contributed by atoms with Crippen molar-refractivity contribution in [2.24, 2.45) is 0 Å². The van der Waals surface area contributed by atoms with E-state index in [4.69, 9.17) is 0 Å². The van der Waals surface area contributed by atoms with Crippen LogP contribution in [-0.2, 0) is 0 Å². The molecule has 0 saturated heterocycles. The molecule has 0 nitrogen and oxygen atoms in total. The van der Waals surface area contributed by atoms with Gasteiger partial charge in [-0.2, -0.15) is 0 Å². The molecule has 0 saturated carbocycles. The smallest absolute Gasteiger partial charge is 0.0184 e. The summed E-state index contributed by atoms with van der Waals surface area (Å²) in [5.74, 6) is 0. The first-order valence-electron chi connectivity index (χ1n) is 4.48. The van der Waals surface area contributed by atoms with Gasteiger partial charge in [0.25, 0.3) is 0 Å². The maximum absolute atomic E-state index is 2.16. The highest BCUT2D eigenvalue weighted by atomic mass is 14.1. The molecule has 0 spiro atoms. The van der Waals surface area contributed by atoms with Gasteiger partial charge in [0.1, 0.15) is 0 Å². The molecule has 0 fully saturated rings. The van der Waals surface area contributed by atoms with E-state index in [1.54, 1.807) is 0 Å². The first-order valence-corrected chi connectivity index (χ1v) is 4.48. The summed E-state index contributed by atoms with van der Waals surface area (Å²) < 4.78 is 0. The lowest BCUT2D eigenvalue weighted by atomic mass is 10.1. The van der Waals surface area contributed by atoms with E-state index in [1.807, 2.05) is 6.08 Å². The minimum absolute atomic E-state index is 1.28. The van der Waals surface area contributed by atoms with Gasteiger partial charge in [-0.1, -0.05) is 60.3 Å². The third-order valence-corrected chi connectivity index (χ3v) is 2.16. The lowest BCUT2D eigenvalue weighted by Crippen LogP contribution is -1.79. The van der Waals surface area contributed by atoms with Crippen molar-refractivity contribution in [2.45, 2.75) is 6.92 Å². The Bertz CT molecular complexity index is 382. The second-order valence-electron chi connectivity index (χ2n) is 3.23. The van der Waals surface area contributed by atoms with E-state index in [2.05, 4.69) is 55.5 Å². The van der Waals surface area contributed by atoms with Gasteiger partial charge in [0.05, 0.1) is 0 Å². The number of allylic oxidation sites excluding steroid dienone is 12. The Morgan fingerprint density at radius 1 is 0.692 bits per heavy atom. The van der Waals surface area contributed by atoms with Gasteiger partial charge in [-0.05, 0) is 18.1 Å². The van der Waals surface area contributed by atoms with E-state index < -0.39 is 0 Å². The minimum atomic E-state index is 1.28. The molecular formula is C13H12. The van der Waals surface area contributed by atoms with Crippen molar-refractivity contribution in [1.82, 2.24) is 0 Å². The van der Waals surface area contributed by atoms with Crippen LogP contribution in [-0.4, -0.2) is 0 Å². The van der Waals surface area contributed by atoms with Crippen LogP contribution in [0.15, 0.2) is 71.4 Å². The Kier molecular flexibility index (Phi) is 2.13. The Morgan fingerprint density at radius 2 is 1.54 bits per heavy atom. The molecule has 0 heteroatoms. The second kappa shape index (κ2) is 3.44. The molecule has 0 bridgehead atoms. The van der Waals surface area contributed by atoms with Gasteiger partial charge in [-0.3, -0.25) is 0 Å². The molecule has 0 aromatic rings. The molecule has 0 radical (unpaired) electrons. The van der Waals surface area contributed by atoms with Crippen LogP contribution in [0.25, 0.3) is 0 Å². The zero-order valence-electron chi connectivity index (χ0n) is 7.70. The summed E-state index contributed by atoms with van der Waals surface area (Å²) in [5, 5.41) is 0. The largest absolute Gasteiger partial charge is 0.0622 e. The van der Waals surface area contributed by atoms with Crippen molar-refractivity contribution in [3.63, 3.8) is 0 Å². The predicted octanol–water partition coefficient (Wildman–Crippen LogP) is 3.48. The fourth-order valence-corrected chi connectivity index (χ4v) is 1.38. The zero-order valence-corrected chi connectivity index (χ0v) is 7.70. The summed E-state index contributed by atoms with van der Waals surface area (Å²) in [7, 11) is 0. The summed E-state index contributed by atoms with van der Waals surface area (Å²) in [6, 6.07) is 0. The molecule has 0 unspecified atom stereocenters. The van der Waals surface area contributed by atoms with Crippen LogP contribution in [0.4, 0.5) is 0 Å². The molecule has 2 rings (SSSR count). The lowest BCUT2D eigenvalue weighted by molar-refractivity contribution is 1.53. The highest BCUT2D eigenvalue weighted by Crippen LogP contribution is 2.20. The van der Waals surface area contributed by atoms with Gasteiger partial charge < -0.3 is 0 Å². The van der Waals surface area contributed by atoms with Gasteiger partial charge in [0.15, 0.2) is 0 Å².